The molecule has 0 spiro atoms. The Bertz CT molecular complexity index is 590. The van der Waals surface area contributed by atoms with Crippen LogP contribution in [0.3, 0.4) is 0 Å². The quantitative estimate of drug-likeness (QED) is 0.814. The van der Waals surface area contributed by atoms with Gasteiger partial charge in [0.2, 0.25) is 0 Å². The fourth-order valence-electron chi connectivity index (χ4n) is 2.91. The molecule has 110 valence electrons. The van der Waals surface area contributed by atoms with Crippen LogP contribution in [0.15, 0.2) is 71.2 Å². The molecule has 0 radical (unpaired) electrons. The van der Waals surface area contributed by atoms with E-state index in [1.54, 1.807) is 6.08 Å². The van der Waals surface area contributed by atoms with E-state index in [9.17, 15) is 10.2 Å². The van der Waals surface area contributed by atoms with Gasteiger partial charge in [0.05, 0.1) is 11.9 Å². The maximum absolute atomic E-state index is 9.58. The molecule has 1 unspecified atom stereocenters. The molecule has 0 saturated carbocycles. The summed E-state index contributed by atoms with van der Waals surface area (Å²) < 4.78 is 0. The van der Waals surface area contributed by atoms with Crippen molar-refractivity contribution in [3.63, 3.8) is 0 Å². The second-order valence-electron chi connectivity index (χ2n) is 5.73. The first-order valence-corrected chi connectivity index (χ1v) is 7.46. The van der Waals surface area contributed by atoms with E-state index in [1.165, 1.54) is 11.3 Å². The predicted octanol–water partition coefficient (Wildman–Crippen LogP) is 3.15. The van der Waals surface area contributed by atoms with Gasteiger partial charge in [0.25, 0.3) is 0 Å². The largest absolute Gasteiger partial charge is 0.512 e. The summed E-state index contributed by atoms with van der Waals surface area (Å²) in [6, 6.07) is 0. The van der Waals surface area contributed by atoms with Crippen LogP contribution in [0.25, 0.3) is 0 Å². The Hall–Kier alpha value is -2.00. The average molecular weight is 283 g/mol. The van der Waals surface area contributed by atoms with Gasteiger partial charge in [0, 0.05) is 25.2 Å². The molecule has 0 aromatic heterocycles. The molecule has 3 nitrogen and oxygen atoms in total. The fraction of sp³-hybridized carbons (Fsp3) is 0.333. The minimum absolute atomic E-state index is 0.442. The summed E-state index contributed by atoms with van der Waals surface area (Å²) in [4.78, 5) is 2.34. The minimum Gasteiger partial charge on any atom is -0.512 e. The number of allylic oxidation sites excluding steroid dienone is 7. The van der Waals surface area contributed by atoms with Crippen LogP contribution in [0.2, 0.25) is 0 Å². The zero-order valence-electron chi connectivity index (χ0n) is 12.1. The summed E-state index contributed by atoms with van der Waals surface area (Å²) in [5.41, 5.74) is 3.69. The highest BCUT2D eigenvalue weighted by molar-refractivity contribution is 5.34. The van der Waals surface area contributed by atoms with Crippen LogP contribution < -0.4 is 0 Å². The molecule has 3 aliphatic carbocycles. The maximum atomic E-state index is 9.58. The van der Waals surface area contributed by atoms with Crippen LogP contribution in [-0.2, 0) is 0 Å². The Morgan fingerprint density at radius 2 is 2.10 bits per heavy atom. The molecule has 3 heteroatoms. The van der Waals surface area contributed by atoms with Crippen molar-refractivity contribution in [1.29, 1.82) is 0 Å². The van der Waals surface area contributed by atoms with Crippen molar-refractivity contribution in [3.05, 3.63) is 71.2 Å². The minimum atomic E-state index is -0.446. The molecular formula is C18H21NO2. The molecule has 0 saturated heterocycles. The zero-order chi connectivity index (χ0) is 14.7. The molecule has 3 aliphatic rings. The molecule has 0 amide bonds. The van der Waals surface area contributed by atoms with E-state index in [0.717, 1.165) is 31.5 Å². The Morgan fingerprint density at radius 3 is 2.71 bits per heavy atom. The molecule has 1 atom stereocenters. The third-order valence-corrected chi connectivity index (χ3v) is 3.98. The van der Waals surface area contributed by atoms with E-state index in [-0.39, 0.29) is 0 Å². The molecule has 21 heavy (non-hydrogen) atoms. The van der Waals surface area contributed by atoms with Crippen LogP contribution in [-0.4, -0.2) is 34.3 Å². The second kappa shape index (κ2) is 6.19. The van der Waals surface area contributed by atoms with Crippen molar-refractivity contribution >= 4 is 0 Å². The molecule has 0 bridgehead atoms. The number of rotatable bonds is 5. The number of aliphatic hydroxyl groups excluding tert-OH is 2. The zero-order valence-corrected chi connectivity index (χ0v) is 12.1. The van der Waals surface area contributed by atoms with Crippen molar-refractivity contribution in [2.24, 2.45) is 0 Å². The lowest BCUT2D eigenvalue weighted by Crippen LogP contribution is -2.27. The summed E-state index contributed by atoms with van der Waals surface area (Å²) in [6.07, 6.45) is 18.3. The molecule has 0 aromatic rings. The van der Waals surface area contributed by atoms with Crippen LogP contribution in [0.1, 0.15) is 19.3 Å². The third kappa shape index (κ3) is 3.56. The van der Waals surface area contributed by atoms with E-state index in [0.29, 0.717) is 12.2 Å². The smallest absolute Gasteiger partial charge is 0.0963 e. The predicted molar refractivity (Wildman–Crippen MR) is 84.7 cm³/mol. The number of aliphatic hydroxyl groups is 2. The third-order valence-electron chi connectivity index (χ3n) is 3.98. The standard InChI is InChI=1S/C18H21NO2/c20-17-8-6-14(10-17)12-19(16-4-2-1-3-5-16)13-15-7-9-18(21)11-15/h1-2,4,6-10,17,20-21H,3,5,11-13H2. The first kappa shape index (κ1) is 14.0. The molecule has 0 fully saturated rings. The Labute approximate surface area is 125 Å². The van der Waals surface area contributed by atoms with Crippen LogP contribution in [0.4, 0.5) is 0 Å². The molecular weight excluding hydrogens is 262 g/mol. The van der Waals surface area contributed by atoms with Crippen LogP contribution in [0, 0.1) is 0 Å². The van der Waals surface area contributed by atoms with Crippen molar-refractivity contribution in [2.75, 3.05) is 13.1 Å². The van der Waals surface area contributed by atoms with Crippen molar-refractivity contribution in [1.82, 2.24) is 4.90 Å². The van der Waals surface area contributed by atoms with E-state index in [4.69, 9.17) is 0 Å². The summed E-state index contributed by atoms with van der Waals surface area (Å²) in [6.45, 7) is 1.62. The summed E-state index contributed by atoms with van der Waals surface area (Å²) in [5, 5.41) is 19.1. The molecule has 2 N–H and O–H groups in total. The molecule has 3 rings (SSSR count). The average Bonchev–Trinajstić information content (AvgIpc) is 3.08. The van der Waals surface area contributed by atoms with Gasteiger partial charge in [0.15, 0.2) is 0 Å². The fourth-order valence-corrected chi connectivity index (χ4v) is 2.91. The first-order chi connectivity index (χ1) is 10.2. The lowest BCUT2D eigenvalue weighted by atomic mass is 10.1. The Balaban J connectivity index is 1.72. The molecule has 0 heterocycles. The number of nitrogens with zero attached hydrogens (tertiary/aromatic N) is 1. The van der Waals surface area contributed by atoms with Gasteiger partial charge in [0.1, 0.15) is 0 Å². The normalized spacial score (nSPS) is 23.8. The molecule has 0 aromatic carbocycles. The highest BCUT2D eigenvalue weighted by Crippen LogP contribution is 2.24. The van der Waals surface area contributed by atoms with Gasteiger partial charge in [-0.2, -0.15) is 0 Å². The van der Waals surface area contributed by atoms with Gasteiger partial charge in [-0.05, 0) is 42.2 Å². The lowest BCUT2D eigenvalue weighted by Gasteiger charge is -2.29. The van der Waals surface area contributed by atoms with Crippen molar-refractivity contribution in [2.45, 2.75) is 25.4 Å². The Morgan fingerprint density at radius 1 is 1.19 bits per heavy atom. The van der Waals surface area contributed by atoms with Gasteiger partial charge in [-0.3, -0.25) is 0 Å². The van der Waals surface area contributed by atoms with Gasteiger partial charge in [-0.25, -0.2) is 0 Å². The summed E-state index contributed by atoms with van der Waals surface area (Å²) in [5.74, 6) is 0.442. The lowest BCUT2D eigenvalue weighted by molar-refractivity contribution is 0.273. The highest BCUT2D eigenvalue weighted by atomic mass is 16.3. The Kier molecular flexibility index (Phi) is 4.11. The van der Waals surface area contributed by atoms with Crippen LogP contribution in [0.5, 0.6) is 0 Å². The monoisotopic (exact) mass is 283 g/mol. The van der Waals surface area contributed by atoms with Gasteiger partial charge < -0.3 is 15.1 Å². The summed E-state index contributed by atoms with van der Waals surface area (Å²) in [7, 11) is 0. The van der Waals surface area contributed by atoms with Gasteiger partial charge >= 0.3 is 0 Å². The SMILES string of the molecule is OC1=CC=C(CN(CC2=CC(O)C=C2)C2=CC=CCC2)C1. The van der Waals surface area contributed by atoms with Crippen LogP contribution >= 0.6 is 0 Å². The van der Waals surface area contributed by atoms with E-state index in [2.05, 4.69) is 23.1 Å². The van der Waals surface area contributed by atoms with Gasteiger partial charge in [-0.15, -0.1) is 0 Å². The second-order valence-corrected chi connectivity index (χ2v) is 5.73. The van der Waals surface area contributed by atoms with Gasteiger partial charge in [-0.1, -0.05) is 30.4 Å². The molecule has 0 aliphatic heterocycles. The summed E-state index contributed by atoms with van der Waals surface area (Å²) >= 11 is 0. The van der Waals surface area contributed by atoms with Crippen molar-refractivity contribution in [3.8, 4) is 0 Å². The maximum Gasteiger partial charge on any atom is 0.0963 e. The van der Waals surface area contributed by atoms with Crippen molar-refractivity contribution < 1.29 is 10.2 Å². The van der Waals surface area contributed by atoms with E-state index < -0.39 is 6.10 Å². The van der Waals surface area contributed by atoms with E-state index >= 15 is 0 Å². The number of hydrogen-bond donors (Lipinski definition) is 2. The number of hydrogen-bond acceptors (Lipinski definition) is 3. The van der Waals surface area contributed by atoms with E-state index in [1.807, 2.05) is 24.3 Å². The topological polar surface area (TPSA) is 43.7 Å². The highest BCUT2D eigenvalue weighted by Gasteiger charge is 2.17. The first-order valence-electron chi connectivity index (χ1n) is 7.46.